The number of para-hydroxylation sites is 1. The molecular formula is C23H26N4O. The molecule has 0 aliphatic carbocycles. The molecule has 3 aromatic rings. The van der Waals surface area contributed by atoms with Crippen LogP contribution in [0.3, 0.4) is 0 Å². The second-order valence-corrected chi connectivity index (χ2v) is 7.48. The maximum atomic E-state index is 13.1. The van der Waals surface area contributed by atoms with Crippen LogP contribution in [-0.4, -0.2) is 30.0 Å². The largest absolute Gasteiger partial charge is 0.371 e. The predicted octanol–water partition coefficient (Wildman–Crippen LogP) is 3.65. The molecule has 28 heavy (non-hydrogen) atoms. The van der Waals surface area contributed by atoms with Gasteiger partial charge in [0.25, 0.3) is 5.91 Å². The smallest absolute Gasteiger partial charge is 0.253 e. The molecule has 5 nitrogen and oxygen atoms in total. The minimum absolute atomic E-state index is 0.0518. The average molecular weight is 374 g/mol. The van der Waals surface area contributed by atoms with Gasteiger partial charge in [0.05, 0.1) is 11.6 Å². The summed E-state index contributed by atoms with van der Waals surface area (Å²) in [7, 11) is 0. The molecule has 0 spiro atoms. The van der Waals surface area contributed by atoms with Crippen LogP contribution in [-0.2, 0) is 0 Å². The fraction of sp³-hybridized carbons (Fsp3) is 0.304. The minimum Gasteiger partial charge on any atom is -0.371 e. The highest BCUT2D eigenvalue weighted by Crippen LogP contribution is 2.26. The van der Waals surface area contributed by atoms with E-state index in [1.54, 1.807) is 6.20 Å². The summed E-state index contributed by atoms with van der Waals surface area (Å²) in [5.41, 5.74) is 8.83. The van der Waals surface area contributed by atoms with Crippen LogP contribution in [0.25, 0.3) is 10.8 Å². The van der Waals surface area contributed by atoms with Crippen molar-refractivity contribution in [2.24, 2.45) is 5.73 Å². The monoisotopic (exact) mass is 374 g/mol. The number of hydrogen-bond donors (Lipinski definition) is 2. The molecule has 4 rings (SSSR count). The first-order chi connectivity index (χ1) is 13.6. The fourth-order valence-electron chi connectivity index (χ4n) is 3.96. The van der Waals surface area contributed by atoms with E-state index in [0.29, 0.717) is 5.56 Å². The van der Waals surface area contributed by atoms with Crippen LogP contribution in [0, 0.1) is 0 Å². The van der Waals surface area contributed by atoms with Gasteiger partial charge >= 0.3 is 0 Å². The summed E-state index contributed by atoms with van der Waals surface area (Å²) in [6.45, 7) is 3.80. The number of nitrogens with two attached hydrogens (primary N) is 1. The van der Waals surface area contributed by atoms with E-state index in [-0.39, 0.29) is 18.0 Å². The molecule has 2 heterocycles. The molecule has 144 valence electrons. The van der Waals surface area contributed by atoms with Crippen molar-refractivity contribution in [1.29, 1.82) is 0 Å². The third kappa shape index (κ3) is 3.71. The maximum Gasteiger partial charge on any atom is 0.253 e. The Kier molecular flexibility index (Phi) is 5.26. The van der Waals surface area contributed by atoms with Crippen LogP contribution in [0.15, 0.2) is 60.9 Å². The minimum atomic E-state index is -0.110. The zero-order valence-corrected chi connectivity index (χ0v) is 16.1. The molecule has 1 amide bonds. The highest BCUT2D eigenvalue weighted by atomic mass is 16.1. The highest BCUT2D eigenvalue weighted by Gasteiger charge is 2.22. The third-order valence-corrected chi connectivity index (χ3v) is 5.56. The molecule has 0 unspecified atom stereocenters. The summed E-state index contributed by atoms with van der Waals surface area (Å²) in [6, 6.07) is 16.1. The lowest BCUT2D eigenvalue weighted by atomic mass is 10.00. The number of aromatic nitrogens is 1. The molecule has 1 aliphatic rings. The van der Waals surface area contributed by atoms with Crippen LogP contribution in [0.2, 0.25) is 0 Å². The van der Waals surface area contributed by atoms with Crippen LogP contribution in [0.1, 0.15) is 41.7 Å². The summed E-state index contributed by atoms with van der Waals surface area (Å²) in [5, 5.41) is 5.37. The van der Waals surface area contributed by atoms with E-state index in [2.05, 4.69) is 21.3 Å². The third-order valence-electron chi connectivity index (χ3n) is 5.56. The Bertz CT molecular complexity index is 974. The molecule has 0 bridgehead atoms. The normalized spacial score (nSPS) is 16.1. The van der Waals surface area contributed by atoms with Crippen molar-refractivity contribution >= 4 is 22.4 Å². The molecule has 1 aliphatic heterocycles. The summed E-state index contributed by atoms with van der Waals surface area (Å²) in [6.07, 6.45) is 5.55. The molecule has 2 aromatic carbocycles. The summed E-state index contributed by atoms with van der Waals surface area (Å²) >= 11 is 0. The number of carbonyl (C=O) groups is 1. The molecule has 1 aromatic heterocycles. The van der Waals surface area contributed by atoms with Crippen LogP contribution in [0.5, 0.6) is 0 Å². The molecule has 5 heteroatoms. The number of nitrogens with zero attached hydrogens (tertiary/aromatic N) is 2. The number of fused-ring (bicyclic) bond motifs is 1. The van der Waals surface area contributed by atoms with Gasteiger partial charge in [-0.2, -0.15) is 0 Å². The lowest BCUT2D eigenvalue weighted by molar-refractivity contribution is 0.0940. The van der Waals surface area contributed by atoms with Gasteiger partial charge < -0.3 is 16.0 Å². The Morgan fingerprint density at radius 3 is 2.75 bits per heavy atom. The molecular weight excluding hydrogens is 348 g/mol. The summed E-state index contributed by atoms with van der Waals surface area (Å²) < 4.78 is 0. The van der Waals surface area contributed by atoms with Crippen LogP contribution in [0.4, 0.5) is 5.69 Å². The predicted molar refractivity (Wildman–Crippen MR) is 113 cm³/mol. The average Bonchev–Trinajstić information content (AvgIpc) is 2.74. The van der Waals surface area contributed by atoms with Gasteiger partial charge in [0.1, 0.15) is 0 Å². The zero-order chi connectivity index (χ0) is 19.5. The van der Waals surface area contributed by atoms with Gasteiger partial charge in [0.15, 0.2) is 0 Å². The summed E-state index contributed by atoms with van der Waals surface area (Å²) in [4.78, 5) is 19.6. The van der Waals surface area contributed by atoms with E-state index < -0.39 is 0 Å². The van der Waals surface area contributed by atoms with Crippen molar-refractivity contribution in [3.63, 3.8) is 0 Å². The first-order valence-electron chi connectivity index (χ1n) is 9.86. The van der Waals surface area contributed by atoms with Crippen molar-refractivity contribution in [2.45, 2.75) is 31.8 Å². The Labute approximate surface area is 165 Å². The first kappa shape index (κ1) is 18.4. The van der Waals surface area contributed by atoms with E-state index in [4.69, 9.17) is 5.73 Å². The zero-order valence-electron chi connectivity index (χ0n) is 16.1. The fourth-order valence-corrected chi connectivity index (χ4v) is 3.96. The Morgan fingerprint density at radius 2 is 1.93 bits per heavy atom. The number of hydrogen-bond acceptors (Lipinski definition) is 4. The van der Waals surface area contributed by atoms with Gasteiger partial charge in [-0.3, -0.25) is 9.78 Å². The lowest BCUT2D eigenvalue weighted by Crippen LogP contribution is -2.40. The van der Waals surface area contributed by atoms with Gasteiger partial charge in [0.2, 0.25) is 0 Å². The first-order valence-corrected chi connectivity index (χ1v) is 9.86. The molecule has 0 saturated carbocycles. The van der Waals surface area contributed by atoms with Gasteiger partial charge in [0, 0.05) is 42.6 Å². The lowest BCUT2D eigenvalue weighted by Gasteiger charge is -2.33. The van der Waals surface area contributed by atoms with E-state index in [1.165, 1.54) is 0 Å². The second-order valence-electron chi connectivity index (χ2n) is 7.48. The van der Waals surface area contributed by atoms with Crippen molar-refractivity contribution in [3.05, 3.63) is 72.1 Å². The van der Waals surface area contributed by atoms with E-state index in [9.17, 15) is 4.79 Å². The number of rotatable bonds is 4. The SMILES string of the molecule is C[C@@H](NC(=O)c1ccccc1N1CCC(N)CC1)c1cccc2cnccc12. The van der Waals surface area contributed by atoms with E-state index in [0.717, 1.165) is 48.0 Å². The molecule has 0 radical (unpaired) electrons. The second kappa shape index (κ2) is 7.98. The summed E-state index contributed by atoms with van der Waals surface area (Å²) in [5.74, 6) is -0.0518. The molecule has 1 fully saturated rings. The standard InChI is InChI=1S/C23H26N4O/c1-16(19-7-4-5-17-15-25-12-9-20(17)19)26-23(28)21-6-2-3-8-22(21)27-13-10-18(24)11-14-27/h2-9,12,15-16,18H,10-11,13-14,24H2,1H3,(H,26,28)/t16-/m1/s1. The Morgan fingerprint density at radius 1 is 1.14 bits per heavy atom. The maximum absolute atomic E-state index is 13.1. The van der Waals surface area contributed by atoms with Crippen molar-refractivity contribution in [1.82, 2.24) is 10.3 Å². The number of carbonyl (C=O) groups excluding carboxylic acids is 1. The van der Waals surface area contributed by atoms with Gasteiger partial charge in [-0.25, -0.2) is 0 Å². The van der Waals surface area contributed by atoms with Crippen molar-refractivity contribution in [3.8, 4) is 0 Å². The van der Waals surface area contributed by atoms with Crippen molar-refractivity contribution < 1.29 is 4.79 Å². The number of amides is 1. The number of anilines is 1. The van der Waals surface area contributed by atoms with E-state index in [1.807, 2.05) is 55.6 Å². The number of nitrogens with one attached hydrogen (secondary N) is 1. The van der Waals surface area contributed by atoms with Crippen LogP contribution < -0.4 is 16.0 Å². The molecule has 1 saturated heterocycles. The van der Waals surface area contributed by atoms with Crippen LogP contribution >= 0.6 is 0 Å². The molecule has 3 N–H and O–H groups in total. The van der Waals surface area contributed by atoms with E-state index >= 15 is 0 Å². The van der Waals surface area contributed by atoms with Gasteiger partial charge in [-0.1, -0.05) is 30.3 Å². The quantitative estimate of drug-likeness (QED) is 0.731. The van der Waals surface area contributed by atoms with Gasteiger partial charge in [-0.05, 0) is 48.9 Å². The molecule has 1 atom stereocenters. The Hall–Kier alpha value is -2.92. The Balaban J connectivity index is 1.57. The number of piperidine rings is 1. The van der Waals surface area contributed by atoms with Gasteiger partial charge in [-0.15, -0.1) is 0 Å². The number of pyridine rings is 1. The van der Waals surface area contributed by atoms with Crippen molar-refractivity contribution in [2.75, 3.05) is 18.0 Å². The number of benzene rings is 2. The topological polar surface area (TPSA) is 71.2 Å². The highest BCUT2D eigenvalue weighted by molar-refractivity contribution is 6.00.